The number of hydrogen-bond acceptors (Lipinski definition) is 4. The number of ether oxygens (including phenoxy) is 1. The smallest absolute Gasteiger partial charge is 0.410 e. The van der Waals surface area contributed by atoms with E-state index in [0.717, 1.165) is 31.2 Å². The average Bonchev–Trinajstić information content (AvgIpc) is 2.83. The van der Waals surface area contributed by atoms with Crippen LogP contribution in [0.25, 0.3) is 0 Å². The Hall–Kier alpha value is -1.59. The summed E-state index contributed by atoms with van der Waals surface area (Å²) in [6, 6.07) is 10.6. The van der Waals surface area contributed by atoms with Crippen LogP contribution in [0, 0.1) is 0 Å². The molecule has 0 radical (unpaired) electrons. The summed E-state index contributed by atoms with van der Waals surface area (Å²) in [5, 5.41) is 13.8. The van der Waals surface area contributed by atoms with Gasteiger partial charge in [0.15, 0.2) is 0 Å². The molecule has 3 unspecified atom stereocenters. The van der Waals surface area contributed by atoms with Gasteiger partial charge in [-0.05, 0) is 52.0 Å². The summed E-state index contributed by atoms with van der Waals surface area (Å²) in [7, 11) is 0. The maximum absolute atomic E-state index is 12.5. The van der Waals surface area contributed by atoms with Gasteiger partial charge in [-0.2, -0.15) is 0 Å². The van der Waals surface area contributed by atoms with E-state index in [1.165, 1.54) is 0 Å². The molecule has 25 heavy (non-hydrogen) atoms. The molecule has 3 rings (SSSR count). The number of carbonyl (C=O) groups is 1. The molecule has 1 amide bonds. The van der Waals surface area contributed by atoms with E-state index in [9.17, 15) is 9.90 Å². The van der Waals surface area contributed by atoms with Crippen molar-refractivity contribution in [2.24, 2.45) is 0 Å². The lowest BCUT2D eigenvalue weighted by atomic mass is 9.97. The van der Waals surface area contributed by atoms with Gasteiger partial charge in [-0.25, -0.2) is 4.79 Å². The molecule has 2 aliphatic heterocycles. The molecule has 0 aromatic heterocycles. The highest BCUT2D eigenvalue weighted by Crippen LogP contribution is 2.36. The third-order valence-corrected chi connectivity index (χ3v) is 5.12. The van der Waals surface area contributed by atoms with Gasteiger partial charge in [-0.3, -0.25) is 0 Å². The van der Waals surface area contributed by atoms with Crippen LogP contribution in [-0.4, -0.2) is 46.4 Å². The number of aliphatic hydroxyl groups excluding tert-OH is 1. The molecule has 5 heteroatoms. The first kappa shape index (κ1) is 18.2. The minimum Gasteiger partial charge on any atom is -0.444 e. The summed E-state index contributed by atoms with van der Waals surface area (Å²) in [4.78, 5) is 14.4. The fourth-order valence-corrected chi connectivity index (χ4v) is 4.03. The molecule has 0 aliphatic carbocycles. The van der Waals surface area contributed by atoms with Gasteiger partial charge in [0.1, 0.15) is 5.60 Å². The standard InChI is InChI=1S/C20H30N2O3/c1-20(2,3)25-19(24)22-16-9-10-17(22)12-15(11-16)21-13-18(23)14-7-5-4-6-8-14/h4-8,15-18,21,23H,9-13H2,1-3H3. The van der Waals surface area contributed by atoms with Crippen LogP contribution >= 0.6 is 0 Å². The lowest BCUT2D eigenvalue weighted by molar-refractivity contribution is 0.00416. The molecule has 2 saturated heterocycles. The zero-order valence-corrected chi connectivity index (χ0v) is 15.4. The van der Waals surface area contributed by atoms with Crippen molar-refractivity contribution >= 4 is 6.09 Å². The molecule has 5 nitrogen and oxygen atoms in total. The largest absolute Gasteiger partial charge is 0.444 e. The summed E-state index contributed by atoms with van der Waals surface area (Å²) < 4.78 is 5.58. The Morgan fingerprint density at radius 3 is 2.40 bits per heavy atom. The molecule has 2 heterocycles. The number of piperidine rings is 1. The summed E-state index contributed by atoms with van der Waals surface area (Å²) in [6.45, 7) is 6.27. The lowest BCUT2D eigenvalue weighted by Crippen LogP contribution is -2.53. The number of aliphatic hydroxyl groups is 1. The number of nitrogens with one attached hydrogen (secondary N) is 1. The van der Waals surface area contributed by atoms with Crippen molar-refractivity contribution in [1.82, 2.24) is 10.2 Å². The number of amides is 1. The molecular formula is C20H30N2O3. The van der Waals surface area contributed by atoms with E-state index < -0.39 is 11.7 Å². The molecule has 2 fully saturated rings. The minimum atomic E-state index is -0.497. The van der Waals surface area contributed by atoms with E-state index >= 15 is 0 Å². The molecule has 0 spiro atoms. The number of benzene rings is 1. The topological polar surface area (TPSA) is 61.8 Å². The van der Waals surface area contributed by atoms with Crippen molar-refractivity contribution < 1.29 is 14.6 Å². The summed E-state index contributed by atoms with van der Waals surface area (Å²) in [6.07, 6.45) is 3.27. The zero-order valence-electron chi connectivity index (χ0n) is 15.4. The van der Waals surface area contributed by atoms with Crippen molar-refractivity contribution in [3.05, 3.63) is 35.9 Å². The van der Waals surface area contributed by atoms with Gasteiger partial charge < -0.3 is 20.1 Å². The van der Waals surface area contributed by atoms with Gasteiger partial charge >= 0.3 is 6.09 Å². The fraction of sp³-hybridized carbons (Fsp3) is 0.650. The second-order valence-electron chi connectivity index (χ2n) is 8.28. The van der Waals surface area contributed by atoms with Crippen molar-refractivity contribution in [3.63, 3.8) is 0 Å². The van der Waals surface area contributed by atoms with Gasteiger partial charge in [0.2, 0.25) is 0 Å². The van der Waals surface area contributed by atoms with Gasteiger partial charge in [-0.1, -0.05) is 30.3 Å². The quantitative estimate of drug-likeness (QED) is 0.879. The summed E-state index contributed by atoms with van der Waals surface area (Å²) in [5.74, 6) is 0. The van der Waals surface area contributed by atoms with Crippen molar-refractivity contribution in [2.75, 3.05) is 6.54 Å². The van der Waals surface area contributed by atoms with Gasteiger partial charge in [0, 0.05) is 24.7 Å². The van der Waals surface area contributed by atoms with E-state index in [2.05, 4.69) is 5.32 Å². The molecule has 2 aliphatic rings. The molecule has 1 aromatic carbocycles. The normalized spacial score (nSPS) is 27.2. The van der Waals surface area contributed by atoms with Crippen molar-refractivity contribution in [1.29, 1.82) is 0 Å². The fourth-order valence-electron chi connectivity index (χ4n) is 4.03. The number of carbonyl (C=O) groups excluding carboxylic acids is 1. The zero-order chi connectivity index (χ0) is 18.0. The average molecular weight is 346 g/mol. The predicted molar refractivity (Wildman–Crippen MR) is 97.3 cm³/mol. The lowest BCUT2D eigenvalue weighted by Gasteiger charge is -2.40. The molecule has 2 N–H and O–H groups in total. The number of nitrogens with zero attached hydrogens (tertiary/aromatic N) is 1. The Labute approximate surface area is 150 Å². The second kappa shape index (κ2) is 7.34. The van der Waals surface area contributed by atoms with E-state index in [1.807, 2.05) is 56.0 Å². The van der Waals surface area contributed by atoms with E-state index in [1.54, 1.807) is 0 Å². The Balaban J connectivity index is 1.53. The highest BCUT2D eigenvalue weighted by atomic mass is 16.6. The van der Waals surface area contributed by atoms with Gasteiger partial charge in [0.05, 0.1) is 6.10 Å². The monoisotopic (exact) mass is 346 g/mol. The van der Waals surface area contributed by atoms with Crippen molar-refractivity contribution in [2.45, 2.75) is 76.3 Å². The maximum Gasteiger partial charge on any atom is 0.410 e. The molecule has 2 bridgehead atoms. The highest BCUT2D eigenvalue weighted by molar-refractivity contribution is 5.69. The van der Waals surface area contributed by atoms with E-state index in [-0.39, 0.29) is 18.2 Å². The Morgan fingerprint density at radius 2 is 1.84 bits per heavy atom. The third kappa shape index (κ3) is 4.53. The first-order valence-electron chi connectivity index (χ1n) is 9.31. The van der Waals surface area contributed by atoms with E-state index in [4.69, 9.17) is 4.74 Å². The maximum atomic E-state index is 12.5. The number of rotatable bonds is 4. The van der Waals surface area contributed by atoms with Crippen LogP contribution in [-0.2, 0) is 4.74 Å². The van der Waals surface area contributed by atoms with Crippen LogP contribution < -0.4 is 5.32 Å². The first-order valence-corrected chi connectivity index (χ1v) is 9.31. The van der Waals surface area contributed by atoms with Crippen molar-refractivity contribution in [3.8, 4) is 0 Å². The number of hydrogen-bond donors (Lipinski definition) is 2. The Kier molecular flexibility index (Phi) is 5.35. The van der Waals surface area contributed by atoms with Gasteiger partial charge in [-0.15, -0.1) is 0 Å². The molecule has 1 aromatic rings. The van der Waals surface area contributed by atoms with E-state index in [0.29, 0.717) is 12.6 Å². The van der Waals surface area contributed by atoms with Gasteiger partial charge in [0.25, 0.3) is 0 Å². The van der Waals surface area contributed by atoms with Crippen LogP contribution in [0.5, 0.6) is 0 Å². The molecular weight excluding hydrogens is 316 g/mol. The van der Waals surface area contributed by atoms with Crippen LogP contribution in [0.3, 0.4) is 0 Å². The SMILES string of the molecule is CC(C)(C)OC(=O)N1C2CCC1CC(NCC(O)c1ccccc1)C2. The van der Waals surface area contributed by atoms with Crippen LogP contribution in [0.4, 0.5) is 4.79 Å². The summed E-state index contributed by atoms with van der Waals surface area (Å²) >= 11 is 0. The van der Waals surface area contributed by atoms with Crippen LogP contribution in [0.15, 0.2) is 30.3 Å². The Morgan fingerprint density at radius 1 is 1.24 bits per heavy atom. The molecule has 0 saturated carbocycles. The molecule has 3 atom stereocenters. The third-order valence-electron chi connectivity index (χ3n) is 5.12. The second-order valence-corrected chi connectivity index (χ2v) is 8.28. The predicted octanol–water partition coefficient (Wildman–Crippen LogP) is 3.24. The summed E-state index contributed by atoms with van der Waals surface area (Å²) in [5.41, 5.74) is 0.481. The number of fused-ring (bicyclic) bond motifs is 2. The van der Waals surface area contributed by atoms with Crippen LogP contribution in [0.2, 0.25) is 0 Å². The van der Waals surface area contributed by atoms with Crippen LogP contribution in [0.1, 0.15) is 58.1 Å². The first-order chi connectivity index (χ1) is 11.8. The highest BCUT2D eigenvalue weighted by Gasteiger charge is 2.44. The Bertz CT molecular complexity index is 570. The minimum absolute atomic E-state index is 0.178. The molecule has 138 valence electrons.